The molecule has 0 radical (unpaired) electrons. The first-order chi connectivity index (χ1) is 9.13. The standard InChI is InChI=1S/C14H18N4O/c1-10-3-2-5-18-13(19)7-12(16-14(10)18)9-17-6-4-11(15)8-17/h2-3,5,7,11H,4,6,8-9,15H2,1H3/t11-/m1/s1. The van der Waals surface area contributed by atoms with Crippen LogP contribution < -0.4 is 11.3 Å². The lowest BCUT2D eigenvalue weighted by molar-refractivity contribution is 0.323. The fourth-order valence-electron chi connectivity index (χ4n) is 2.63. The first kappa shape index (κ1) is 12.3. The van der Waals surface area contributed by atoms with E-state index in [-0.39, 0.29) is 11.6 Å². The van der Waals surface area contributed by atoms with Gasteiger partial charge in [0.05, 0.1) is 5.69 Å². The predicted molar refractivity (Wildman–Crippen MR) is 74.1 cm³/mol. The van der Waals surface area contributed by atoms with E-state index in [1.165, 1.54) is 0 Å². The molecule has 1 fully saturated rings. The van der Waals surface area contributed by atoms with Crippen molar-refractivity contribution in [3.8, 4) is 0 Å². The number of fused-ring (bicyclic) bond motifs is 1. The zero-order valence-electron chi connectivity index (χ0n) is 11.0. The molecule has 0 aromatic carbocycles. The van der Waals surface area contributed by atoms with Gasteiger partial charge in [-0.05, 0) is 25.0 Å². The summed E-state index contributed by atoms with van der Waals surface area (Å²) in [5.41, 5.74) is 8.46. The predicted octanol–water partition coefficient (Wildman–Crippen LogP) is 0.536. The Bertz CT molecular complexity index is 664. The number of pyridine rings is 1. The average molecular weight is 258 g/mol. The van der Waals surface area contributed by atoms with Crippen LogP contribution in [0, 0.1) is 6.92 Å². The highest BCUT2D eigenvalue weighted by molar-refractivity contribution is 5.46. The van der Waals surface area contributed by atoms with E-state index in [0.717, 1.165) is 36.4 Å². The van der Waals surface area contributed by atoms with E-state index >= 15 is 0 Å². The second kappa shape index (κ2) is 4.75. The maximum Gasteiger partial charge on any atom is 0.258 e. The first-order valence-electron chi connectivity index (χ1n) is 6.59. The molecule has 100 valence electrons. The van der Waals surface area contributed by atoms with Gasteiger partial charge in [-0.2, -0.15) is 0 Å². The van der Waals surface area contributed by atoms with Crippen molar-refractivity contribution in [2.75, 3.05) is 13.1 Å². The largest absolute Gasteiger partial charge is 0.326 e. The van der Waals surface area contributed by atoms with Gasteiger partial charge in [0.1, 0.15) is 5.65 Å². The van der Waals surface area contributed by atoms with E-state index < -0.39 is 0 Å². The van der Waals surface area contributed by atoms with Crippen LogP contribution >= 0.6 is 0 Å². The molecule has 3 heterocycles. The van der Waals surface area contributed by atoms with Gasteiger partial charge in [0.15, 0.2) is 0 Å². The van der Waals surface area contributed by atoms with Gasteiger partial charge in [0.25, 0.3) is 5.56 Å². The van der Waals surface area contributed by atoms with Gasteiger partial charge in [-0.25, -0.2) is 4.98 Å². The summed E-state index contributed by atoms with van der Waals surface area (Å²) in [6.07, 6.45) is 2.78. The van der Waals surface area contributed by atoms with E-state index in [2.05, 4.69) is 9.88 Å². The highest BCUT2D eigenvalue weighted by atomic mass is 16.1. The average Bonchev–Trinajstić information content (AvgIpc) is 2.76. The minimum Gasteiger partial charge on any atom is -0.326 e. The number of hydrogen-bond donors (Lipinski definition) is 1. The normalized spacial score (nSPS) is 20.2. The Morgan fingerprint density at radius 1 is 1.53 bits per heavy atom. The molecule has 19 heavy (non-hydrogen) atoms. The van der Waals surface area contributed by atoms with Crippen LogP contribution in [0.3, 0.4) is 0 Å². The summed E-state index contributed by atoms with van der Waals surface area (Å²) in [7, 11) is 0. The maximum absolute atomic E-state index is 12.1. The molecule has 1 aliphatic rings. The molecule has 0 spiro atoms. The minimum atomic E-state index is -0.0211. The Morgan fingerprint density at radius 3 is 3.11 bits per heavy atom. The van der Waals surface area contributed by atoms with Gasteiger partial charge >= 0.3 is 0 Å². The van der Waals surface area contributed by atoms with Crippen LogP contribution in [0.15, 0.2) is 29.2 Å². The van der Waals surface area contributed by atoms with Crippen LogP contribution in [0.1, 0.15) is 17.7 Å². The number of rotatable bonds is 2. The van der Waals surface area contributed by atoms with E-state index in [0.29, 0.717) is 6.54 Å². The molecule has 5 nitrogen and oxygen atoms in total. The van der Waals surface area contributed by atoms with Gasteiger partial charge in [-0.3, -0.25) is 14.1 Å². The van der Waals surface area contributed by atoms with Crippen molar-refractivity contribution in [3.05, 3.63) is 46.0 Å². The minimum absolute atomic E-state index is 0.0211. The Balaban J connectivity index is 1.97. The van der Waals surface area contributed by atoms with E-state index in [4.69, 9.17) is 5.73 Å². The Morgan fingerprint density at radius 2 is 2.37 bits per heavy atom. The number of nitrogens with two attached hydrogens (primary N) is 1. The highest BCUT2D eigenvalue weighted by Crippen LogP contribution is 2.11. The van der Waals surface area contributed by atoms with Crippen molar-refractivity contribution in [1.82, 2.24) is 14.3 Å². The van der Waals surface area contributed by atoms with Crippen LogP contribution in [-0.2, 0) is 6.54 Å². The molecule has 1 atom stereocenters. The monoisotopic (exact) mass is 258 g/mol. The van der Waals surface area contributed by atoms with Gasteiger partial charge in [-0.1, -0.05) is 6.07 Å². The summed E-state index contributed by atoms with van der Waals surface area (Å²) in [4.78, 5) is 18.9. The molecule has 3 rings (SSSR count). The van der Waals surface area contributed by atoms with Crippen LogP contribution in [0.2, 0.25) is 0 Å². The van der Waals surface area contributed by atoms with Crippen molar-refractivity contribution >= 4 is 5.65 Å². The molecule has 2 aromatic heterocycles. The van der Waals surface area contributed by atoms with Crippen LogP contribution in [0.4, 0.5) is 0 Å². The third-order valence-corrected chi connectivity index (χ3v) is 3.63. The lowest BCUT2D eigenvalue weighted by Crippen LogP contribution is -2.27. The zero-order valence-corrected chi connectivity index (χ0v) is 11.0. The first-order valence-corrected chi connectivity index (χ1v) is 6.59. The number of nitrogens with zero attached hydrogens (tertiary/aromatic N) is 3. The summed E-state index contributed by atoms with van der Waals surface area (Å²) in [5.74, 6) is 0. The number of hydrogen-bond acceptors (Lipinski definition) is 4. The van der Waals surface area contributed by atoms with Crippen LogP contribution in [0.5, 0.6) is 0 Å². The van der Waals surface area contributed by atoms with E-state index in [1.54, 1.807) is 16.7 Å². The summed E-state index contributed by atoms with van der Waals surface area (Å²) < 4.78 is 1.59. The third kappa shape index (κ3) is 2.39. The van der Waals surface area contributed by atoms with Gasteiger partial charge in [0.2, 0.25) is 0 Å². The third-order valence-electron chi connectivity index (χ3n) is 3.63. The summed E-state index contributed by atoms with van der Waals surface area (Å²) in [5, 5.41) is 0. The van der Waals surface area contributed by atoms with Gasteiger partial charge in [0, 0.05) is 37.9 Å². The Labute approximate surface area is 111 Å². The molecule has 0 unspecified atom stereocenters. The highest BCUT2D eigenvalue weighted by Gasteiger charge is 2.19. The Kier molecular flexibility index (Phi) is 3.08. The molecule has 0 bridgehead atoms. The van der Waals surface area contributed by atoms with Crippen molar-refractivity contribution < 1.29 is 0 Å². The van der Waals surface area contributed by atoms with Crippen LogP contribution in [-0.4, -0.2) is 33.4 Å². The van der Waals surface area contributed by atoms with Crippen molar-refractivity contribution in [3.63, 3.8) is 0 Å². The number of likely N-dealkylation sites (tertiary alicyclic amines) is 1. The van der Waals surface area contributed by atoms with Crippen molar-refractivity contribution in [1.29, 1.82) is 0 Å². The quantitative estimate of drug-likeness (QED) is 0.853. The smallest absolute Gasteiger partial charge is 0.258 e. The summed E-state index contributed by atoms with van der Waals surface area (Å²) in [6.45, 7) is 4.54. The van der Waals surface area contributed by atoms with Gasteiger partial charge in [-0.15, -0.1) is 0 Å². The molecule has 1 aliphatic heterocycles. The zero-order chi connectivity index (χ0) is 13.4. The molecule has 5 heteroatoms. The fraction of sp³-hybridized carbons (Fsp3) is 0.429. The maximum atomic E-state index is 12.1. The van der Waals surface area contributed by atoms with Crippen LogP contribution in [0.25, 0.3) is 5.65 Å². The summed E-state index contributed by atoms with van der Waals surface area (Å²) >= 11 is 0. The number of aromatic nitrogens is 2. The lowest BCUT2D eigenvalue weighted by Gasteiger charge is -2.15. The molecule has 0 saturated carbocycles. The second-order valence-corrected chi connectivity index (χ2v) is 5.25. The van der Waals surface area contributed by atoms with E-state index in [9.17, 15) is 4.79 Å². The number of aryl methyl sites for hydroxylation is 1. The van der Waals surface area contributed by atoms with Crippen molar-refractivity contribution in [2.45, 2.75) is 25.9 Å². The molecule has 2 N–H and O–H groups in total. The van der Waals surface area contributed by atoms with Crippen molar-refractivity contribution in [2.24, 2.45) is 5.73 Å². The fourth-order valence-corrected chi connectivity index (χ4v) is 2.63. The Hall–Kier alpha value is -1.72. The molecule has 0 aliphatic carbocycles. The van der Waals surface area contributed by atoms with Gasteiger partial charge < -0.3 is 5.73 Å². The lowest BCUT2D eigenvalue weighted by atomic mass is 10.3. The van der Waals surface area contributed by atoms with E-state index in [1.807, 2.05) is 19.1 Å². The second-order valence-electron chi connectivity index (χ2n) is 5.25. The summed E-state index contributed by atoms with van der Waals surface area (Å²) in [6, 6.07) is 5.71. The molecule has 2 aromatic rings. The molecular weight excluding hydrogens is 240 g/mol. The molecule has 1 saturated heterocycles. The topological polar surface area (TPSA) is 63.6 Å². The molecule has 0 amide bonds. The molecular formula is C14H18N4O. The SMILES string of the molecule is Cc1cccn2c(=O)cc(CN3CC[C@@H](N)C3)nc12.